The van der Waals surface area contributed by atoms with Crippen LogP contribution < -0.4 is 4.89 Å². The quantitative estimate of drug-likeness (QED) is 0.0195. The lowest BCUT2D eigenvalue weighted by molar-refractivity contribution is -0.870. The Morgan fingerprint density at radius 3 is 0.966 bits per heavy atom. The van der Waals surface area contributed by atoms with Crippen LogP contribution in [0.4, 0.5) is 0 Å². The van der Waals surface area contributed by atoms with E-state index in [-0.39, 0.29) is 26.1 Å². The summed E-state index contributed by atoms with van der Waals surface area (Å²) in [5.41, 5.74) is 0. The Balaban J connectivity index is 4.07. The molecule has 88 heavy (non-hydrogen) atoms. The molecule has 0 fully saturated rings. The molecular formula is C78H132NO8P. The predicted molar refractivity (Wildman–Crippen MR) is 378 cm³/mol. The number of rotatable bonds is 64. The normalized spacial score (nSPS) is 14.0. The average Bonchev–Trinajstić information content (AvgIpc) is 3.58. The highest BCUT2D eigenvalue weighted by Gasteiger charge is 2.22. The van der Waals surface area contributed by atoms with Gasteiger partial charge in [0.1, 0.15) is 19.8 Å². The van der Waals surface area contributed by atoms with Gasteiger partial charge in [0.25, 0.3) is 7.82 Å². The van der Waals surface area contributed by atoms with E-state index in [9.17, 15) is 19.0 Å². The van der Waals surface area contributed by atoms with Crippen molar-refractivity contribution < 1.29 is 42.1 Å². The van der Waals surface area contributed by atoms with Crippen molar-refractivity contribution >= 4 is 19.8 Å². The van der Waals surface area contributed by atoms with Crippen LogP contribution in [0.3, 0.4) is 0 Å². The number of carbonyl (C=O) groups is 2. The molecule has 0 bridgehead atoms. The van der Waals surface area contributed by atoms with Gasteiger partial charge in [-0.25, -0.2) is 0 Å². The van der Waals surface area contributed by atoms with Gasteiger partial charge in [-0.2, -0.15) is 0 Å². The van der Waals surface area contributed by atoms with Crippen molar-refractivity contribution in [3.05, 3.63) is 146 Å². The van der Waals surface area contributed by atoms with E-state index in [2.05, 4.69) is 160 Å². The topological polar surface area (TPSA) is 111 Å². The summed E-state index contributed by atoms with van der Waals surface area (Å²) in [6.07, 6.45) is 99.2. The largest absolute Gasteiger partial charge is 0.756 e. The lowest BCUT2D eigenvalue weighted by Gasteiger charge is -2.28. The molecule has 10 heteroatoms. The van der Waals surface area contributed by atoms with Gasteiger partial charge in [0.05, 0.1) is 27.7 Å². The van der Waals surface area contributed by atoms with E-state index in [1.807, 2.05) is 21.1 Å². The zero-order chi connectivity index (χ0) is 64.1. The molecule has 0 aliphatic heterocycles. The molecule has 0 aliphatic carbocycles. The summed E-state index contributed by atoms with van der Waals surface area (Å²) in [4.78, 5) is 38.1. The maximum absolute atomic E-state index is 12.9. The summed E-state index contributed by atoms with van der Waals surface area (Å²) in [5, 5.41) is 0. The number of hydrogen-bond donors (Lipinski definition) is 0. The predicted octanol–water partition coefficient (Wildman–Crippen LogP) is 22.7. The number of quaternary nitrogens is 1. The number of phosphoric acid groups is 1. The van der Waals surface area contributed by atoms with Crippen LogP contribution in [-0.4, -0.2) is 70.0 Å². The van der Waals surface area contributed by atoms with Crippen molar-refractivity contribution in [1.29, 1.82) is 0 Å². The second-order valence-corrected chi connectivity index (χ2v) is 25.9. The summed E-state index contributed by atoms with van der Waals surface area (Å²) in [7, 11) is 1.15. The maximum atomic E-state index is 12.9. The molecule has 0 N–H and O–H groups in total. The number of unbranched alkanes of at least 4 members (excludes halogenated alkanes) is 26. The first kappa shape index (κ1) is 83.9. The molecule has 0 aromatic rings. The van der Waals surface area contributed by atoms with E-state index < -0.39 is 32.5 Å². The number of likely N-dealkylation sites (N-methyl/N-ethyl adjacent to an activating group) is 1. The van der Waals surface area contributed by atoms with Crippen LogP contribution in [-0.2, 0) is 32.7 Å². The van der Waals surface area contributed by atoms with E-state index >= 15 is 0 Å². The minimum absolute atomic E-state index is 0.0382. The van der Waals surface area contributed by atoms with Crippen LogP contribution in [0.15, 0.2) is 146 Å². The van der Waals surface area contributed by atoms with Gasteiger partial charge in [-0.1, -0.05) is 295 Å². The second-order valence-electron chi connectivity index (χ2n) is 24.5. The third kappa shape index (κ3) is 71.0. The van der Waals surface area contributed by atoms with Crippen molar-refractivity contribution in [2.75, 3.05) is 47.5 Å². The number of allylic oxidation sites excluding steroid dienone is 24. The fraction of sp³-hybridized carbons (Fsp3) is 0.667. The first-order valence-corrected chi connectivity index (χ1v) is 37.0. The van der Waals surface area contributed by atoms with Crippen LogP contribution in [0, 0.1) is 0 Å². The molecule has 0 heterocycles. The fourth-order valence-electron chi connectivity index (χ4n) is 9.42. The number of carbonyl (C=O) groups excluding carboxylic acids is 2. The third-order valence-corrected chi connectivity index (χ3v) is 15.8. The van der Waals surface area contributed by atoms with Gasteiger partial charge in [0.15, 0.2) is 6.10 Å². The van der Waals surface area contributed by atoms with Crippen LogP contribution in [0.25, 0.3) is 0 Å². The molecule has 0 amide bonds. The van der Waals surface area contributed by atoms with Gasteiger partial charge in [0.2, 0.25) is 0 Å². The SMILES string of the molecule is CC/C=C\C/C=C\C/C=C\C/C=C\C/C=C\C/C=C\C/C=C\C/C=C\C/C=C\CCCCCCCCCCCCCCCC(=O)OC(COC(=O)CCCCCCCCCC/C=C\C/C=C\C/C=C\CCCCCCC)COP(=O)([O-])OCC[N+](C)(C)C. The lowest BCUT2D eigenvalue weighted by Crippen LogP contribution is -2.37. The smallest absolute Gasteiger partial charge is 0.306 e. The Labute approximate surface area is 542 Å². The highest BCUT2D eigenvalue weighted by molar-refractivity contribution is 7.45. The van der Waals surface area contributed by atoms with E-state index in [1.54, 1.807) is 0 Å². The molecule has 0 aliphatic rings. The summed E-state index contributed by atoms with van der Waals surface area (Å²) in [5.74, 6) is -0.845. The molecule has 0 saturated carbocycles. The second kappa shape index (κ2) is 67.3. The fourth-order valence-corrected chi connectivity index (χ4v) is 10.2. The van der Waals surface area contributed by atoms with E-state index in [4.69, 9.17) is 18.5 Å². The van der Waals surface area contributed by atoms with E-state index in [0.717, 1.165) is 122 Å². The van der Waals surface area contributed by atoms with E-state index in [1.165, 1.54) is 128 Å². The Kier molecular flexibility index (Phi) is 64.1. The van der Waals surface area contributed by atoms with Crippen LogP contribution in [0.2, 0.25) is 0 Å². The minimum atomic E-state index is -4.65. The van der Waals surface area contributed by atoms with Gasteiger partial charge >= 0.3 is 11.9 Å². The molecule has 2 unspecified atom stereocenters. The molecule has 2 atom stereocenters. The van der Waals surface area contributed by atoms with Crippen molar-refractivity contribution in [3.63, 3.8) is 0 Å². The molecule has 0 spiro atoms. The standard InChI is InChI=1S/C78H132NO8P/c1-6-8-10-12-14-16-18-20-22-24-26-28-30-31-32-33-34-35-36-37-38-39-40-41-42-43-44-45-46-47-49-51-53-55-57-59-61-63-65-67-69-71-78(81)87-76(75-86-88(82,83)85-73-72-79(3,4)5)74-84-77(80)70-68-66-64-62-60-58-56-54-52-50-48-29-27-25-23-21-19-17-15-13-11-9-7-2/h8,10,14,16,19-22,25-28,31-32,34-35,37-38,40-41,43-44,48,50,76H,6-7,9,11-13,15,17-18,23-24,29-30,33,36,39,42,45-47,49,51-75H2,1-5H3/b10-8-,16-14-,21-19-,22-20-,27-25-,28-26-,32-31-,35-34-,38-37-,41-40-,44-43-,50-48-. The van der Waals surface area contributed by atoms with Crippen LogP contribution in [0.5, 0.6) is 0 Å². The number of nitrogens with zero attached hydrogens (tertiary/aromatic N) is 1. The van der Waals surface area contributed by atoms with Crippen molar-refractivity contribution in [2.45, 2.75) is 290 Å². The van der Waals surface area contributed by atoms with Gasteiger partial charge in [-0.3, -0.25) is 14.2 Å². The Morgan fingerprint density at radius 2 is 0.648 bits per heavy atom. The maximum Gasteiger partial charge on any atom is 0.306 e. The first-order chi connectivity index (χ1) is 43.0. The van der Waals surface area contributed by atoms with Crippen molar-refractivity contribution in [1.82, 2.24) is 0 Å². The molecule has 0 saturated heterocycles. The molecule has 0 rings (SSSR count). The Hall–Kier alpha value is -4.11. The van der Waals surface area contributed by atoms with Gasteiger partial charge in [-0.15, -0.1) is 0 Å². The van der Waals surface area contributed by atoms with Crippen LogP contribution in [0.1, 0.15) is 284 Å². The molecule has 9 nitrogen and oxygen atoms in total. The monoisotopic (exact) mass is 1240 g/mol. The zero-order valence-corrected chi connectivity index (χ0v) is 58.0. The number of hydrogen-bond acceptors (Lipinski definition) is 8. The van der Waals surface area contributed by atoms with Crippen LogP contribution >= 0.6 is 7.82 Å². The van der Waals surface area contributed by atoms with E-state index in [0.29, 0.717) is 17.4 Å². The number of phosphoric ester groups is 1. The zero-order valence-electron chi connectivity index (χ0n) is 57.1. The van der Waals surface area contributed by atoms with Gasteiger partial charge in [0, 0.05) is 12.8 Å². The first-order valence-electron chi connectivity index (χ1n) is 35.5. The Morgan fingerprint density at radius 1 is 0.364 bits per heavy atom. The van der Waals surface area contributed by atoms with Crippen molar-refractivity contribution in [2.24, 2.45) is 0 Å². The molecule has 0 aromatic carbocycles. The highest BCUT2D eigenvalue weighted by atomic mass is 31.2. The molecule has 502 valence electrons. The summed E-state index contributed by atoms with van der Waals surface area (Å²) in [6, 6.07) is 0. The molecule has 0 radical (unpaired) electrons. The summed E-state index contributed by atoms with van der Waals surface area (Å²) >= 11 is 0. The number of ether oxygens (including phenoxy) is 2. The highest BCUT2D eigenvalue weighted by Crippen LogP contribution is 2.38. The van der Waals surface area contributed by atoms with Gasteiger partial charge in [-0.05, 0) is 122 Å². The average molecular weight is 1240 g/mol. The minimum Gasteiger partial charge on any atom is -0.756 e. The summed E-state index contributed by atoms with van der Waals surface area (Å²) in [6.45, 7) is 4.11. The third-order valence-electron chi connectivity index (χ3n) is 14.8. The molecular weight excluding hydrogens is 1110 g/mol. The summed E-state index contributed by atoms with van der Waals surface area (Å²) < 4.78 is 34.3. The van der Waals surface area contributed by atoms with Crippen molar-refractivity contribution in [3.8, 4) is 0 Å². The van der Waals surface area contributed by atoms with Gasteiger partial charge < -0.3 is 27.9 Å². The lowest BCUT2D eigenvalue weighted by atomic mass is 10.0. The number of esters is 2. The Bertz CT molecular complexity index is 2000. The molecule has 0 aromatic heterocycles.